The smallest absolute Gasteiger partial charge is 0.254 e. The zero-order valence-corrected chi connectivity index (χ0v) is 14.8. The fourth-order valence-electron chi connectivity index (χ4n) is 2.33. The Labute approximate surface area is 151 Å². The van der Waals surface area contributed by atoms with Gasteiger partial charge in [0, 0.05) is 11.6 Å². The summed E-state index contributed by atoms with van der Waals surface area (Å²) in [4.78, 5) is 24.7. The topological polar surface area (TPSA) is 58.2 Å². The summed E-state index contributed by atoms with van der Waals surface area (Å²) in [5.41, 5.74) is 0.688. The van der Waals surface area contributed by atoms with Crippen molar-refractivity contribution < 1.29 is 14.0 Å². The van der Waals surface area contributed by atoms with Crippen LogP contribution in [-0.2, 0) is 11.3 Å². The maximum Gasteiger partial charge on any atom is 0.254 e. The van der Waals surface area contributed by atoms with Crippen molar-refractivity contribution in [3.63, 3.8) is 0 Å². The molecule has 2 aromatic carbocycles. The Kier molecular flexibility index (Phi) is 6.53. The molecule has 4 nitrogen and oxygen atoms in total. The molecular formula is C19H20ClFN2O2. The van der Waals surface area contributed by atoms with Crippen molar-refractivity contribution in [1.29, 1.82) is 0 Å². The zero-order valence-electron chi connectivity index (χ0n) is 14.1. The molecule has 0 radical (unpaired) electrons. The molecule has 2 aromatic rings. The number of carbonyl (C=O) groups is 2. The summed E-state index contributed by atoms with van der Waals surface area (Å²) in [7, 11) is 0. The molecule has 0 fully saturated rings. The quantitative estimate of drug-likeness (QED) is 0.825. The van der Waals surface area contributed by atoms with Crippen LogP contribution in [0.25, 0.3) is 0 Å². The van der Waals surface area contributed by atoms with Crippen molar-refractivity contribution in [3.05, 3.63) is 70.5 Å². The van der Waals surface area contributed by atoms with E-state index in [0.717, 1.165) is 5.56 Å². The van der Waals surface area contributed by atoms with Crippen molar-refractivity contribution in [2.45, 2.75) is 26.4 Å². The number of hydrogen-bond donors (Lipinski definition) is 2. The normalized spacial score (nSPS) is 11.9. The predicted octanol–water partition coefficient (Wildman–Crippen LogP) is 3.55. The van der Waals surface area contributed by atoms with E-state index >= 15 is 0 Å². The predicted molar refractivity (Wildman–Crippen MR) is 95.8 cm³/mol. The van der Waals surface area contributed by atoms with E-state index in [0.29, 0.717) is 5.02 Å². The fraction of sp³-hybridized carbons (Fsp3) is 0.263. The molecule has 0 spiro atoms. The SMILES string of the molecule is CC(C)[C@H](NC(=O)c1ccccc1F)C(=O)NCc1ccccc1Cl. The Morgan fingerprint density at radius 2 is 1.72 bits per heavy atom. The molecule has 0 saturated carbocycles. The summed E-state index contributed by atoms with van der Waals surface area (Å²) in [6.07, 6.45) is 0. The van der Waals surface area contributed by atoms with Crippen LogP contribution in [0.4, 0.5) is 4.39 Å². The lowest BCUT2D eigenvalue weighted by molar-refractivity contribution is -0.124. The highest BCUT2D eigenvalue weighted by Gasteiger charge is 2.25. The standard InChI is InChI=1S/C19H20ClFN2O2/c1-12(2)17(23-18(24)14-8-4-6-10-16(14)21)19(25)22-11-13-7-3-5-9-15(13)20/h3-10,12,17H,11H2,1-2H3,(H,22,25)(H,23,24)/t17-/m0/s1. The Morgan fingerprint density at radius 1 is 1.08 bits per heavy atom. The first-order valence-corrected chi connectivity index (χ1v) is 8.34. The molecule has 2 rings (SSSR count). The second-order valence-corrected chi connectivity index (χ2v) is 6.39. The maximum absolute atomic E-state index is 13.7. The lowest BCUT2D eigenvalue weighted by Gasteiger charge is -2.22. The van der Waals surface area contributed by atoms with Gasteiger partial charge in [0.1, 0.15) is 11.9 Å². The number of nitrogens with one attached hydrogen (secondary N) is 2. The van der Waals surface area contributed by atoms with Gasteiger partial charge >= 0.3 is 0 Å². The van der Waals surface area contributed by atoms with E-state index in [1.807, 2.05) is 12.1 Å². The molecule has 0 aromatic heterocycles. The van der Waals surface area contributed by atoms with Gasteiger partial charge in [-0.25, -0.2) is 4.39 Å². The number of rotatable bonds is 6. The van der Waals surface area contributed by atoms with Crippen LogP contribution in [0.3, 0.4) is 0 Å². The Bertz CT molecular complexity index is 765. The van der Waals surface area contributed by atoms with Gasteiger partial charge in [-0.1, -0.05) is 55.8 Å². The van der Waals surface area contributed by atoms with Gasteiger partial charge in [0.25, 0.3) is 5.91 Å². The van der Waals surface area contributed by atoms with Crippen LogP contribution in [0.1, 0.15) is 29.8 Å². The number of benzene rings is 2. The van der Waals surface area contributed by atoms with Gasteiger partial charge in [-0.05, 0) is 29.7 Å². The second-order valence-electron chi connectivity index (χ2n) is 5.98. The summed E-state index contributed by atoms with van der Waals surface area (Å²) in [5.74, 6) is -1.76. The average Bonchev–Trinajstić information content (AvgIpc) is 2.58. The van der Waals surface area contributed by atoms with Gasteiger partial charge in [0.05, 0.1) is 5.56 Å². The third-order valence-electron chi connectivity index (χ3n) is 3.77. The van der Waals surface area contributed by atoms with Gasteiger partial charge in [-0.15, -0.1) is 0 Å². The fourth-order valence-corrected chi connectivity index (χ4v) is 2.54. The number of amides is 2. The molecule has 0 aliphatic rings. The minimum Gasteiger partial charge on any atom is -0.350 e. The van der Waals surface area contributed by atoms with E-state index in [1.165, 1.54) is 18.2 Å². The van der Waals surface area contributed by atoms with E-state index in [-0.39, 0.29) is 23.9 Å². The van der Waals surface area contributed by atoms with Gasteiger partial charge in [0.2, 0.25) is 5.91 Å². The molecule has 132 valence electrons. The molecule has 25 heavy (non-hydrogen) atoms. The largest absolute Gasteiger partial charge is 0.350 e. The summed E-state index contributed by atoms with van der Waals surface area (Å²) >= 11 is 6.07. The van der Waals surface area contributed by atoms with Crippen LogP contribution >= 0.6 is 11.6 Å². The molecule has 0 heterocycles. The van der Waals surface area contributed by atoms with Crippen molar-refractivity contribution >= 4 is 23.4 Å². The molecule has 1 atom stereocenters. The third kappa shape index (κ3) is 5.03. The highest BCUT2D eigenvalue weighted by molar-refractivity contribution is 6.31. The lowest BCUT2D eigenvalue weighted by Crippen LogP contribution is -2.49. The molecule has 0 saturated heterocycles. The second kappa shape index (κ2) is 8.62. The summed E-state index contributed by atoms with van der Waals surface area (Å²) < 4.78 is 13.7. The monoisotopic (exact) mass is 362 g/mol. The summed E-state index contributed by atoms with van der Waals surface area (Å²) in [6.45, 7) is 3.86. The third-order valence-corrected chi connectivity index (χ3v) is 4.13. The molecular weight excluding hydrogens is 343 g/mol. The van der Waals surface area contributed by atoms with Crippen LogP contribution in [0.2, 0.25) is 5.02 Å². The van der Waals surface area contributed by atoms with Gasteiger partial charge in [-0.3, -0.25) is 9.59 Å². The van der Waals surface area contributed by atoms with Crippen molar-refractivity contribution in [2.75, 3.05) is 0 Å². The first kappa shape index (κ1) is 18.9. The first-order valence-electron chi connectivity index (χ1n) is 7.96. The Morgan fingerprint density at radius 3 is 2.36 bits per heavy atom. The molecule has 0 aliphatic heterocycles. The van der Waals surface area contributed by atoms with Crippen LogP contribution in [0.15, 0.2) is 48.5 Å². The van der Waals surface area contributed by atoms with E-state index in [2.05, 4.69) is 10.6 Å². The maximum atomic E-state index is 13.7. The first-order chi connectivity index (χ1) is 11.9. The number of halogens is 2. The minimum absolute atomic E-state index is 0.0907. The molecule has 2 amide bonds. The Hall–Kier alpha value is -2.40. The van der Waals surface area contributed by atoms with Crippen LogP contribution < -0.4 is 10.6 Å². The highest BCUT2D eigenvalue weighted by atomic mass is 35.5. The van der Waals surface area contributed by atoms with Crippen molar-refractivity contribution in [2.24, 2.45) is 5.92 Å². The lowest BCUT2D eigenvalue weighted by atomic mass is 10.0. The van der Waals surface area contributed by atoms with Crippen molar-refractivity contribution in [1.82, 2.24) is 10.6 Å². The minimum atomic E-state index is -0.783. The summed E-state index contributed by atoms with van der Waals surface area (Å²) in [6, 6.07) is 12.1. The van der Waals surface area contributed by atoms with Crippen molar-refractivity contribution in [3.8, 4) is 0 Å². The van der Waals surface area contributed by atoms with Gasteiger partial charge in [0.15, 0.2) is 0 Å². The molecule has 0 unspecified atom stereocenters. The average molecular weight is 363 g/mol. The molecule has 0 bridgehead atoms. The Balaban J connectivity index is 2.04. The van der Waals surface area contributed by atoms with Crippen LogP contribution in [0.5, 0.6) is 0 Å². The molecule has 0 aliphatic carbocycles. The van der Waals surface area contributed by atoms with E-state index < -0.39 is 17.8 Å². The highest BCUT2D eigenvalue weighted by Crippen LogP contribution is 2.15. The zero-order chi connectivity index (χ0) is 18.4. The van der Waals surface area contributed by atoms with Crippen LogP contribution in [-0.4, -0.2) is 17.9 Å². The van der Waals surface area contributed by atoms with Crippen LogP contribution in [0, 0.1) is 11.7 Å². The summed E-state index contributed by atoms with van der Waals surface area (Å²) in [5, 5.41) is 5.92. The number of carbonyl (C=O) groups excluding carboxylic acids is 2. The van der Waals surface area contributed by atoms with Gasteiger partial charge in [-0.2, -0.15) is 0 Å². The molecule has 2 N–H and O–H groups in total. The van der Waals surface area contributed by atoms with E-state index in [9.17, 15) is 14.0 Å². The van der Waals surface area contributed by atoms with E-state index in [4.69, 9.17) is 11.6 Å². The molecule has 6 heteroatoms. The number of hydrogen-bond acceptors (Lipinski definition) is 2. The van der Waals surface area contributed by atoms with E-state index in [1.54, 1.807) is 32.0 Å². The van der Waals surface area contributed by atoms with Gasteiger partial charge < -0.3 is 10.6 Å².